The maximum atomic E-state index is 5.61. The molecule has 0 radical (unpaired) electrons. The number of hydrogen-bond acceptors (Lipinski definition) is 3. The Morgan fingerprint density at radius 2 is 2.06 bits per heavy atom. The molecule has 1 aromatic carbocycles. The summed E-state index contributed by atoms with van der Waals surface area (Å²) in [4.78, 5) is 4.16. The lowest BCUT2D eigenvalue weighted by atomic mass is 10.0. The largest absolute Gasteiger partial charge is 0.491 e. The molecule has 3 heteroatoms. The van der Waals surface area contributed by atoms with Gasteiger partial charge in [-0.3, -0.25) is 4.98 Å². The average Bonchev–Trinajstić information content (AvgIpc) is 3.22. The van der Waals surface area contributed by atoms with Crippen LogP contribution in [-0.4, -0.2) is 24.3 Å². The standard InChI is InChI=1S/C15H15NO2/c1-11-6-7-16-8-15(11)12-2-4-13(5-3-12)17-9-14-10-18-14/h2-8,14H,9-10H2,1H3. The Hall–Kier alpha value is -1.87. The van der Waals surface area contributed by atoms with Gasteiger partial charge in [0, 0.05) is 18.0 Å². The van der Waals surface area contributed by atoms with Gasteiger partial charge in [-0.05, 0) is 36.2 Å². The number of nitrogens with zero attached hydrogens (tertiary/aromatic N) is 1. The van der Waals surface area contributed by atoms with Crippen LogP contribution >= 0.6 is 0 Å². The smallest absolute Gasteiger partial charge is 0.119 e. The highest BCUT2D eigenvalue weighted by molar-refractivity contribution is 5.66. The molecular formula is C15H15NO2. The lowest BCUT2D eigenvalue weighted by molar-refractivity contribution is 0.263. The second kappa shape index (κ2) is 4.78. The molecule has 3 nitrogen and oxygen atoms in total. The summed E-state index contributed by atoms with van der Waals surface area (Å²) in [6, 6.07) is 10.1. The quantitative estimate of drug-likeness (QED) is 0.772. The van der Waals surface area contributed by atoms with Gasteiger partial charge in [-0.15, -0.1) is 0 Å². The summed E-state index contributed by atoms with van der Waals surface area (Å²) < 4.78 is 10.7. The molecule has 0 amide bonds. The van der Waals surface area contributed by atoms with Gasteiger partial charge < -0.3 is 9.47 Å². The van der Waals surface area contributed by atoms with Gasteiger partial charge >= 0.3 is 0 Å². The highest BCUT2D eigenvalue weighted by atomic mass is 16.6. The zero-order valence-corrected chi connectivity index (χ0v) is 10.3. The molecule has 2 heterocycles. The fraction of sp³-hybridized carbons (Fsp3) is 0.267. The normalized spacial score (nSPS) is 17.5. The summed E-state index contributed by atoms with van der Waals surface area (Å²) in [6.07, 6.45) is 4.00. The SMILES string of the molecule is Cc1ccncc1-c1ccc(OCC2CO2)cc1. The van der Waals surface area contributed by atoms with Crippen molar-refractivity contribution in [2.45, 2.75) is 13.0 Å². The Bertz CT molecular complexity index is 532. The third-order valence-corrected chi connectivity index (χ3v) is 3.04. The molecule has 0 bridgehead atoms. The second-order valence-electron chi connectivity index (χ2n) is 4.48. The minimum absolute atomic E-state index is 0.297. The van der Waals surface area contributed by atoms with Gasteiger partial charge in [0.1, 0.15) is 18.5 Å². The molecule has 1 unspecified atom stereocenters. The van der Waals surface area contributed by atoms with E-state index in [-0.39, 0.29) is 0 Å². The molecule has 0 N–H and O–H groups in total. The monoisotopic (exact) mass is 241 g/mol. The van der Waals surface area contributed by atoms with Crippen molar-refractivity contribution in [3.05, 3.63) is 48.3 Å². The number of aryl methyl sites for hydroxylation is 1. The summed E-state index contributed by atoms with van der Waals surface area (Å²) in [6.45, 7) is 3.56. The van der Waals surface area contributed by atoms with Gasteiger partial charge in [0.25, 0.3) is 0 Å². The van der Waals surface area contributed by atoms with Crippen molar-refractivity contribution >= 4 is 0 Å². The minimum Gasteiger partial charge on any atom is -0.491 e. The number of epoxide rings is 1. The van der Waals surface area contributed by atoms with Gasteiger partial charge in [0.15, 0.2) is 0 Å². The van der Waals surface area contributed by atoms with E-state index in [0.717, 1.165) is 23.5 Å². The Morgan fingerprint density at radius 3 is 2.72 bits per heavy atom. The van der Waals surface area contributed by atoms with Gasteiger partial charge in [0.2, 0.25) is 0 Å². The molecule has 92 valence electrons. The van der Waals surface area contributed by atoms with Crippen molar-refractivity contribution in [3.8, 4) is 16.9 Å². The van der Waals surface area contributed by atoms with E-state index in [1.54, 1.807) is 0 Å². The van der Waals surface area contributed by atoms with Crippen molar-refractivity contribution in [1.82, 2.24) is 4.98 Å². The molecule has 1 saturated heterocycles. The van der Waals surface area contributed by atoms with E-state index in [1.165, 1.54) is 5.56 Å². The van der Waals surface area contributed by atoms with Gasteiger partial charge in [-0.2, -0.15) is 0 Å². The first-order chi connectivity index (χ1) is 8.83. The number of aromatic nitrogens is 1. The number of rotatable bonds is 4. The van der Waals surface area contributed by atoms with Crippen molar-refractivity contribution < 1.29 is 9.47 Å². The van der Waals surface area contributed by atoms with Gasteiger partial charge in [-0.1, -0.05) is 12.1 Å². The van der Waals surface area contributed by atoms with Crippen molar-refractivity contribution in [2.75, 3.05) is 13.2 Å². The number of benzene rings is 1. The first kappa shape index (κ1) is 11.2. The van der Waals surface area contributed by atoms with Crippen LogP contribution in [0.1, 0.15) is 5.56 Å². The fourth-order valence-corrected chi connectivity index (χ4v) is 1.85. The first-order valence-corrected chi connectivity index (χ1v) is 6.08. The first-order valence-electron chi connectivity index (χ1n) is 6.08. The molecule has 3 rings (SSSR count). The van der Waals surface area contributed by atoms with E-state index in [4.69, 9.17) is 9.47 Å². The Balaban J connectivity index is 1.75. The number of hydrogen-bond donors (Lipinski definition) is 0. The van der Waals surface area contributed by atoms with Gasteiger partial charge in [-0.25, -0.2) is 0 Å². The van der Waals surface area contributed by atoms with Crippen LogP contribution < -0.4 is 4.74 Å². The van der Waals surface area contributed by atoms with Crippen LogP contribution in [0, 0.1) is 6.92 Å². The summed E-state index contributed by atoms with van der Waals surface area (Å²) in [5, 5.41) is 0. The van der Waals surface area contributed by atoms with Crippen LogP contribution in [-0.2, 0) is 4.74 Å². The van der Waals surface area contributed by atoms with E-state index in [1.807, 2.05) is 30.6 Å². The summed E-state index contributed by atoms with van der Waals surface area (Å²) in [5.74, 6) is 0.885. The maximum absolute atomic E-state index is 5.61. The van der Waals surface area contributed by atoms with Crippen molar-refractivity contribution in [3.63, 3.8) is 0 Å². The minimum atomic E-state index is 0.297. The molecule has 1 fully saturated rings. The van der Waals surface area contributed by atoms with Crippen LogP contribution in [0.4, 0.5) is 0 Å². The molecule has 1 aliphatic heterocycles. The van der Waals surface area contributed by atoms with E-state index in [2.05, 4.69) is 24.0 Å². The van der Waals surface area contributed by atoms with Gasteiger partial charge in [0.05, 0.1) is 6.61 Å². The molecule has 0 aliphatic carbocycles. The highest BCUT2D eigenvalue weighted by Gasteiger charge is 2.22. The lowest BCUT2D eigenvalue weighted by Crippen LogP contribution is -2.03. The summed E-state index contributed by atoms with van der Waals surface area (Å²) in [7, 11) is 0. The van der Waals surface area contributed by atoms with E-state index < -0.39 is 0 Å². The van der Waals surface area contributed by atoms with Crippen LogP contribution in [0.15, 0.2) is 42.7 Å². The second-order valence-corrected chi connectivity index (χ2v) is 4.48. The molecule has 2 aromatic rings. The third kappa shape index (κ3) is 2.51. The van der Waals surface area contributed by atoms with Crippen LogP contribution in [0.25, 0.3) is 11.1 Å². The topological polar surface area (TPSA) is 34.6 Å². The molecule has 0 saturated carbocycles. The Morgan fingerprint density at radius 1 is 1.28 bits per heavy atom. The van der Waals surface area contributed by atoms with E-state index in [0.29, 0.717) is 12.7 Å². The molecular weight excluding hydrogens is 226 g/mol. The Kier molecular flexibility index (Phi) is 2.99. The van der Waals surface area contributed by atoms with Crippen LogP contribution in [0.3, 0.4) is 0 Å². The van der Waals surface area contributed by atoms with Crippen molar-refractivity contribution in [2.24, 2.45) is 0 Å². The molecule has 0 spiro atoms. The fourth-order valence-electron chi connectivity index (χ4n) is 1.85. The zero-order chi connectivity index (χ0) is 12.4. The summed E-state index contributed by atoms with van der Waals surface area (Å²) >= 11 is 0. The van der Waals surface area contributed by atoms with Crippen LogP contribution in [0.2, 0.25) is 0 Å². The van der Waals surface area contributed by atoms with E-state index in [9.17, 15) is 0 Å². The predicted molar refractivity (Wildman–Crippen MR) is 69.6 cm³/mol. The molecule has 1 aromatic heterocycles. The number of ether oxygens (including phenoxy) is 2. The van der Waals surface area contributed by atoms with Crippen LogP contribution in [0.5, 0.6) is 5.75 Å². The molecule has 1 atom stereocenters. The lowest BCUT2D eigenvalue weighted by Gasteiger charge is -2.07. The molecule has 1 aliphatic rings. The summed E-state index contributed by atoms with van der Waals surface area (Å²) in [5.41, 5.74) is 3.55. The predicted octanol–water partition coefficient (Wildman–Crippen LogP) is 2.83. The van der Waals surface area contributed by atoms with Crippen molar-refractivity contribution in [1.29, 1.82) is 0 Å². The average molecular weight is 241 g/mol. The highest BCUT2D eigenvalue weighted by Crippen LogP contribution is 2.24. The third-order valence-electron chi connectivity index (χ3n) is 3.04. The Labute approximate surface area is 106 Å². The molecule has 18 heavy (non-hydrogen) atoms. The zero-order valence-electron chi connectivity index (χ0n) is 10.3. The number of pyridine rings is 1. The van der Waals surface area contributed by atoms with E-state index >= 15 is 0 Å². The maximum Gasteiger partial charge on any atom is 0.119 e.